The van der Waals surface area contributed by atoms with Crippen LogP contribution in [0.25, 0.3) is 11.4 Å². The number of anilines is 1. The van der Waals surface area contributed by atoms with Crippen molar-refractivity contribution in [2.75, 3.05) is 12.8 Å². The first-order chi connectivity index (χ1) is 16.7. The fourth-order valence-corrected chi connectivity index (χ4v) is 4.47. The number of carbonyl (C=O) groups is 1. The van der Waals surface area contributed by atoms with Crippen molar-refractivity contribution < 1.29 is 13.9 Å². The zero-order valence-corrected chi connectivity index (χ0v) is 20.4. The van der Waals surface area contributed by atoms with Crippen molar-refractivity contribution in [3.63, 3.8) is 0 Å². The van der Waals surface area contributed by atoms with E-state index in [1.165, 1.54) is 14.1 Å². The van der Waals surface area contributed by atoms with Crippen LogP contribution in [0.5, 0.6) is 5.75 Å². The molecular formula is C23H24N6O5S. The predicted octanol–water partition coefficient (Wildman–Crippen LogP) is 1.94. The van der Waals surface area contributed by atoms with Crippen LogP contribution in [0, 0.1) is 0 Å². The summed E-state index contributed by atoms with van der Waals surface area (Å²) >= 11 is 1.13. The first-order valence-corrected chi connectivity index (χ1v) is 11.5. The number of hydrogen-bond acceptors (Lipinski definition) is 9. The minimum atomic E-state index is -0.750. The average molecular weight is 497 g/mol. The van der Waals surface area contributed by atoms with Crippen LogP contribution in [0.3, 0.4) is 0 Å². The van der Waals surface area contributed by atoms with Crippen molar-refractivity contribution in [1.82, 2.24) is 23.9 Å². The highest BCUT2D eigenvalue weighted by molar-refractivity contribution is 8.00. The van der Waals surface area contributed by atoms with Crippen molar-refractivity contribution >= 4 is 23.4 Å². The molecule has 0 fully saturated rings. The van der Waals surface area contributed by atoms with Crippen molar-refractivity contribution in [2.24, 2.45) is 14.1 Å². The summed E-state index contributed by atoms with van der Waals surface area (Å²) in [6.45, 7) is 1.97. The molecule has 0 bridgehead atoms. The number of benzene rings is 1. The second-order valence-corrected chi connectivity index (χ2v) is 9.10. The maximum atomic E-state index is 13.3. The Balaban J connectivity index is 1.73. The van der Waals surface area contributed by atoms with Crippen molar-refractivity contribution in [1.29, 1.82) is 0 Å². The number of methoxy groups -OCH3 is 1. The van der Waals surface area contributed by atoms with Crippen molar-refractivity contribution in [3.8, 4) is 17.1 Å². The van der Waals surface area contributed by atoms with E-state index in [0.717, 1.165) is 26.5 Å². The lowest BCUT2D eigenvalue weighted by Gasteiger charge is -2.15. The Morgan fingerprint density at radius 3 is 2.63 bits per heavy atom. The number of ether oxygens (including phenoxy) is 1. The van der Waals surface area contributed by atoms with Crippen LogP contribution >= 0.6 is 11.8 Å². The van der Waals surface area contributed by atoms with Crippen molar-refractivity contribution in [3.05, 3.63) is 74.8 Å². The Morgan fingerprint density at radius 1 is 1.17 bits per heavy atom. The summed E-state index contributed by atoms with van der Waals surface area (Å²) < 4.78 is 14.6. The lowest BCUT2D eigenvalue weighted by molar-refractivity contribution is 0.0992. The number of nitrogen functional groups attached to an aromatic ring is 1. The Morgan fingerprint density at radius 2 is 1.94 bits per heavy atom. The van der Waals surface area contributed by atoms with Crippen LogP contribution in [-0.2, 0) is 20.6 Å². The molecule has 1 unspecified atom stereocenters. The molecule has 0 aliphatic carbocycles. The van der Waals surface area contributed by atoms with Gasteiger partial charge in [0.05, 0.1) is 25.2 Å². The van der Waals surface area contributed by atoms with Gasteiger partial charge in [-0.05, 0) is 31.2 Å². The molecule has 1 atom stereocenters. The third-order valence-electron chi connectivity index (χ3n) is 5.55. The molecule has 4 aromatic rings. The number of nitrogens with zero attached hydrogens (tertiary/aromatic N) is 5. The molecule has 0 saturated heterocycles. The van der Waals surface area contributed by atoms with Crippen LogP contribution in [0.4, 0.5) is 5.82 Å². The van der Waals surface area contributed by atoms with Gasteiger partial charge in [0.1, 0.15) is 22.9 Å². The number of carbonyl (C=O) groups excluding carboxylic acids is 1. The van der Waals surface area contributed by atoms with E-state index in [1.54, 1.807) is 26.4 Å². The second kappa shape index (κ2) is 9.66. The number of thioether (sulfide) groups is 1. The molecule has 12 heteroatoms. The van der Waals surface area contributed by atoms with Gasteiger partial charge in [-0.2, -0.15) is 0 Å². The number of Topliss-reactive ketones (excluding diaryl/α,β-unsaturated/α-hetero) is 1. The third kappa shape index (κ3) is 4.52. The van der Waals surface area contributed by atoms with Gasteiger partial charge in [0.2, 0.25) is 0 Å². The standard InChI is InChI=1S/C23H24N6O5S/c1-13(18(30)17-19(24)27(2)23(32)28(3)21(17)31)35-22-26-25-20(14-7-5-8-15(11-14)33-4)29(22)12-16-9-6-10-34-16/h5-11,13H,12,24H2,1-4H3. The molecule has 0 aliphatic heterocycles. The Hall–Kier alpha value is -4.06. The SMILES string of the molecule is COc1cccc(-c2nnc(SC(C)C(=O)c3c(N)n(C)c(=O)n(C)c3=O)n2Cc2ccco2)c1. The summed E-state index contributed by atoms with van der Waals surface area (Å²) in [7, 11) is 4.29. The van der Waals surface area contributed by atoms with E-state index in [-0.39, 0.29) is 11.4 Å². The molecule has 3 aromatic heterocycles. The molecule has 2 N–H and O–H groups in total. The van der Waals surface area contributed by atoms with Gasteiger partial charge in [0.15, 0.2) is 16.8 Å². The van der Waals surface area contributed by atoms with Gasteiger partial charge in [-0.3, -0.25) is 23.3 Å². The first kappa shape index (κ1) is 24.1. The fourth-order valence-electron chi connectivity index (χ4n) is 3.56. The first-order valence-electron chi connectivity index (χ1n) is 10.6. The van der Waals surface area contributed by atoms with Crippen LogP contribution in [-0.4, -0.2) is 42.0 Å². The second-order valence-electron chi connectivity index (χ2n) is 7.79. The molecule has 35 heavy (non-hydrogen) atoms. The van der Waals surface area contributed by atoms with Gasteiger partial charge in [0.25, 0.3) is 5.56 Å². The highest BCUT2D eigenvalue weighted by atomic mass is 32.2. The van der Waals surface area contributed by atoms with Crippen LogP contribution in [0.2, 0.25) is 0 Å². The summed E-state index contributed by atoms with van der Waals surface area (Å²) in [4.78, 5) is 38.1. The quantitative estimate of drug-likeness (QED) is 0.286. The van der Waals surface area contributed by atoms with Gasteiger partial charge in [-0.25, -0.2) is 4.79 Å². The molecule has 0 amide bonds. The summed E-state index contributed by atoms with van der Waals surface area (Å²) in [5.74, 6) is 1.20. The van der Waals surface area contributed by atoms with Gasteiger partial charge in [0, 0.05) is 19.7 Å². The summed E-state index contributed by atoms with van der Waals surface area (Å²) in [6.07, 6.45) is 1.57. The van der Waals surface area contributed by atoms with Gasteiger partial charge >= 0.3 is 5.69 Å². The van der Waals surface area contributed by atoms with Crippen molar-refractivity contribution in [2.45, 2.75) is 23.9 Å². The van der Waals surface area contributed by atoms with Crippen LogP contribution < -0.4 is 21.7 Å². The smallest absolute Gasteiger partial charge is 0.332 e. The lowest BCUT2D eigenvalue weighted by atomic mass is 10.1. The lowest BCUT2D eigenvalue weighted by Crippen LogP contribution is -2.42. The van der Waals surface area contributed by atoms with Gasteiger partial charge < -0.3 is 14.9 Å². The molecule has 182 valence electrons. The van der Waals surface area contributed by atoms with E-state index in [4.69, 9.17) is 14.9 Å². The number of furan rings is 1. The van der Waals surface area contributed by atoms with Gasteiger partial charge in [-0.15, -0.1) is 10.2 Å². The Kier molecular flexibility index (Phi) is 6.65. The fraction of sp³-hybridized carbons (Fsp3) is 0.261. The van der Waals surface area contributed by atoms with E-state index < -0.39 is 22.3 Å². The molecule has 0 aliphatic rings. The average Bonchev–Trinajstić information content (AvgIpc) is 3.52. The maximum absolute atomic E-state index is 13.3. The number of aromatic nitrogens is 5. The number of nitrogens with two attached hydrogens (primary N) is 1. The van der Waals surface area contributed by atoms with E-state index in [9.17, 15) is 14.4 Å². The Labute approximate surface area is 204 Å². The van der Waals surface area contributed by atoms with Crippen LogP contribution in [0.15, 0.2) is 61.8 Å². The minimum absolute atomic E-state index is 0.176. The number of rotatable bonds is 8. The third-order valence-corrected chi connectivity index (χ3v) is 6.63. The highest BCUT2D eigenvalue weighted by Crippen LogP contribution is 2.30. The largest absolute Gasteiger partial charge is 0.497 e. The van der Waals surface area contributed by atoms with E-state index >= 15 is 0 Å². The zero-order valence-electron chi connectivity index (χ0n) is 19.6. The molecule has 0 saturated carbocycles. The van der Waals surface area contributed by atoms with Crippen LogP contribution in [0.1, 0.15) is 23.0 Å². The predicted molar refractivity (Wildman–Crippen MR) is 131 cm³/mol. The molecule has 0 radical (unpaired) electrons. The Bertz CT molecular complexity index is 1500. The van der Waals surface area contributed by atoms with E-state index in [1.807, 2.05) is 34.9 Å². The number of ketones is 1. The van der Waals surface area contributed by atoms with E-state index in [2.05, 4.69) is 10.2 Å². The molecule has 11 nitrogen and oxygen atoms in total. The molecule has 3 heterocycles. The summed E-state index contributed by atoms with van der Waals surface area (Å²) in [5.41, 5.74) is 5.16. The molecule has 1 aromatic carbocycles. The molecule has 0 spiro atoms. The molecule has 4 rings (SSSR count). The normalized spacial score (nSPS) is 12.0. The maximum Gasteiger partial charge on any atom is 0.332 e. The highest BCUT2D eigenvalue weighted by Gasteiger charge is 2.27. The zero-order chi connectivity index (χ0) is 25.3. The molecular weight excluding hydrogens is 472 g/mol. The topological polar surface area (TPSA) is 140 Å². The summed E-state index contributed by atoms with van der Waals surface area (Å²) in [6, 6.07) is 11.0. The van der Waals surface area contributed by atoms with E-state index in [0.29, 0.717) is 29.0 Å². The van der Waals surface area contributed by atoms with Gasteiger partial charge in [-0.1, -0.05) is 23.9 Å². The summed E-state index contributed by atoms with van der Waals surface area (Å²) in [5, 5.41) is 8.36. The minimum Gasteiger partial charge on any atom is -0.497 e. The number of hydrogen-bond donors (Lipinski definition) is 1. The monoisotopic (exact) mass is 496 g/mol.